The van der Waals surface area contributed by atoms with Crippen LogP contribution in [0.25, 0.3) is 0 Å². The fourth-order valence-corrected chi connectivity index (χ4v) is 1.19. The summed E-state index contributed by atoms with van der Waals surface area (Å²) in [4.78, 5) is 14.5. The summed E-state index contributed by atoms with van der Waals surface area (Å²) in [5.74, 6) is -1.71. The maximum absolute atomic E-state index is 13.0. The zero-order valence-electron chi connectivity index (χ0n) is 8.46. The fraction of sp³-hybridized carbons (Fsp3) is 0.100. The predicted octanol–water partition coefficient (Wildman–Crippen LogP) is 1.49. The van der Waals surface area contributed by atoms with Crippen LogP contribution in [0, 0.1) is 5.82 Å². The molecule has 2 rings (SSSR count). The summed E-state index contributed by atoms with van der Waals surface area (Å²) in [7, 11) is 0. The number of carboxylic acids is 1. The quantitative estimate of drug-likeness (QED) is 0.868. The lowest BCUT2D eigenvalue weighted by atomic mass is 10.2. The van der Waals surface area contributed by atoms with Gasteiger partial charge >= 0.3 is 5.97 Å². The van der Waals surface area contributed by atoms with E-state index in [9.17, 15) is 9.18 Å². The second kappa shape index (κ2) is 4.60. The number of benzene rings is 1. The Morgan fingerprint density at radius 1 is 1.53 bits per heavy atom. The highest BCUT2D eigenvalue weighted by molar-refractivity contribution is 5.90. The van der Waals surface area contributed by atoms with E-state index in [-0.39, 0.29) is 23.8 Å². The maximum Gasteiger partial charge on any atom is 0.339 e. The van der Waals surface area contributed by atoms with E-state index in [1.807, 2.05) is 0 Å². The minimum atomic E-state index is -1.20. The molecule has 88 valence electrons. The van der Waals surface area contributed by atoms with Crippen molar-refractivity contribution in [2.75, 3.05) is 0 Å². The van der Waals surface area contributed by atoms with Crippen molar-refractivity contribution < 1.29 is 23.6 Å². The summed E-state index contributed by atoms with van der Waals surface area (Å²) in [5.41, 5.74) is -0.133. The van der Waals surface area contributed by atoms with Crippen molar-refractivity contribution in [2.45, 2.75) is 6.61 Å². The van der Waals surface area contributed by atoms with Crippen LogP contribution < -0.4 is 4.74 Å². The van der Waals surface area contributed by atoms with Gasteiger partial charge in [-0.2, -0.15) is 4.98 Å². The minimum absolute atomic E-state index is 0.0873. The number of rotatable bonds is 4. The molecule has 0 saturated heterocycles. The van der Waals surface area contributed by atoms with Crippen LogP contribution in [0.1, 0.15) is 16.2 Å². The summed E-state index contributed by atoms with van der Waals surface area (Å²) in [6, 6.07) is 3.16. The third kappa shape index (κ3) is 2.57. The first kappa shape index (κ1) is 11.1. The Balaban J connectivity index is 2.19. The number of hydrogen-bond donors (Lipinski definition) is 1. The number of carbonyl (C=O) groups is 1. The second-order valence-electron chi connectivity index (χ2n) is 3.07. The smallest absolute Gasteiger partial charge is 0.339 e. The van der Waals surface area contributed by atoms with Gasteiger partial charge in [0.05, 0.1) is 0 Å². The number of carboxylic acid groups (broad SMARTS) is 1. The Morgan fingerprint density at radius 3 is 3.00 bits per heavy atom. The van der Waals surface area contributed by atoms with Gasteiger partial charge in [-0.05, 0) is 12.1 Å². The molecule has 0 radical (unpaired) electrons. The van der Waals surface area contributed by atoms with Gasteiger partial charge < -0.3 is 14.4 Å². The highest BCUT2D eigenvalue weighted by atomic mass is 19.1. The Labute approximate surface area is 94.6 Å². The Morgan fingerprint density at radius 2 is 2.35 bits per heavy atom. The van der Waals surface area contributed by atoms with Crippen LogP contribution >= 0.6 is 0 Å². The van der Waals surface area contributed by atoms with Gasteiger partial charge in [-0.15, -0.1) is 0 Å². The first-order valence-corrected chi connectivity index (χ1v) is 4.58. The van der Waals surface area contributed by atoms with E-state index >= 15 is 0 Å². The molecule has 0 aliphatic heterocycles. The van der Waals surface area contributed by atoms with Crippen LogP contribution in [0.4, 0.5) is 4.39 Å². The lowest BCUT2D eigenvalue weighted by molar-refractivity contribution is 0.0691. The van der Waals surface area contributed by atoms with Gasteiger partial charge in [0.15, 0.2) is 12.9 Å². The molecular weight excluding hydrogens is 231 g/mol. The van der Waals surface area contributed by atoms with Crippen LogP contribution in [0.2, 0.25) is 0 Å². The van der Waals surface area contributed by atoms with E-state index in [1.54, 1.807) is 0 Å². The lowest BCUT2D eigenvalue weighted by Gasteiger charge is -2.06. The van der Waals surface area contributed by atoms with Gasteiger partial charge in [0.2, 0.25) is 0 Å². The van der Waals surface area contributed by atoms with Crippen molar-refractivity contribution in [3.63, 3.8) is 0 Å². The highest BCUT2D eigenvalue weighted by Gasteiger charge is 2.13. The first-order valence-electron chi connectivity index (χ1n) is 4.58. The molecule has 0 amide bonds. The van der Waals surface area contributed by atoms with E-state index in [1.165, 1.54) is 6.33 Å². The molecule has 0 saturated carbocycles. The minimum Gasteiger partial charge on any atom is -0.483 e. The molecule has 1 N–H and O–H groups in total. The van der Waals surface area contributed by atoms with Crippen molar-refractivity contribution in [1.82, 2.24) is 10.1 Å². The first-order chi connectivity index (χ1) is 8.16. The molecule has 1 aromatic carbocycles. The molecule has 6 nitrogen and oxygen atoms in total. The monoisotopic (exact) mass is 238 g/mol. The molecule has 7 heteroatoms. The number of aromatic carboxylic acids is 1. The molecular formula is C10H7FN2O4. The van der Waals surface area contributed by atoms with E-state index < -0.39 is 11.8 Å². The fourth-order valence-electron chi connectivity index (χ4n) is 1.19. The van der Waals surface area contributed by atoms with E-state index in [2.05, 4.69) is 14.7 Å². The van der Waals surface area contributed by atoms with Gasteiger partial charge in [0.25, 0.3) is 5.89 Å². The number of aromatic nitrogens is 2. The van der Waals surface area contributed by atoms with Gasteiger partial charge in [-0.25, -0.2) is 9.18 Å². The van der Waals surface area contributed by atoms with E-state index in [4.69, 9.17) is 9.84 Å². The average Bonchev–Trinajstić information content (AvgIpc) is 2.78. The van der Waals surface area contributed by atoms with Crippen molar-refractivity contribution >= 4 is 5.97 Å². The van der Waals surface area contributed by atoms with Crippen molar-refractivity contribution in [3.8, 4) is 5.75 Å². The number of hydrogen-bond acceptors (Lipinski definition) is 5. The Bertz CT molecular complexity index is 527. The zero-order chi connectivity index (χ0) is 12.3. The normalized spacial score (nSPS) is 10.2. The molecule has 2 aromatic rings. The Hall–Kier alpha value is -2.44. The van der Waals surface area contributed by atoms with Crippen LogP contribution in [-0.4, -0.2) is 21.2 Å². The molecule has 1 aromatic heterocycles. The van der Waals surface area contributed by atoms with Gasteiger partial charge in [0, 0.05) is 6.07 Å². The average molecular weight is 238 g/mol. The molecule has 0 aliphatic carbocycles. The molecule has 0 bridgehead atoms. The third-order valence-corrected chi connectivity index (χ3v) is 1.93. The lowest BCUT2D eigenvalue weighted by Crippen LogP contribution is -2.04. The summed E-state index contributed by atoms with van der Waals surface area (Å²) in [6.45, 7) is -0.121. The molecule has 17 heavy (non-hydrogen) atoms. The van der Waals surface area contributed by atoms with Crippen LogP contribution in [-0.2, 0) is 6.61 Å². The molecule has 0 atom stereocenters. The zero-order valence-corrected chi connectivity index (χ0v) is 8.46. The largest absolute Gasteiger partial charge is 0.483 e. The summed E-state index contributed by atoms with van der Waals surface area (Å²) >= 11 is 0. The second-order valence-corrected chi connectivity index (χ2v) is 3.07. The third-order valence-electron chi connectivity index (χ3n) is 1.93. The van der Waals surface area contributed by atoms with E-state index in [0.717, 1.165) is 18.2 Å². The molecule has 0 spiro atoms. The van der Waals surface area contributed by atoms with Crippen LogP contribution in [0.5, 0.6) is 5.75 Å². The van der Waals surface area contributed by atoms with Crippen molar-refractivity contribution in [2.24, 2.45) is 0 Å². The number of halogens is 1. The maximum atomic E-state index is 13.0. The molecule has 0 unspecified atom stereocenters. The van der Waals surface area contributed by atoms with Gasteiger partial charge in [-0.1, -0.05) is 5.16 Å². The topological polar surface area (TPSA) is 85.5 Å². The number of nitrogens with zero attached hydrogens (tertiary/aromatic N) is 2. The highest BCUT2D eigenvalue weighted by Crippen LogP contribution is 2.20. The Kier molecular flexibility index (Phi) is 2.99. The standard InChI is InChI=1S/C10H7FN2O4/c11-6-1-2-7(10(14)15)8(3-6)16-4-9-12-5-13-17-9/h1-3,5H,4H2,(H,14,15). The summed E-state index contributed by atoms with van der Waals surface area (Å²) in [6.07, 6.45) is 1.18. The van der Waals surface area contributed by atoms with E-state index in [0.29, 0.717) is 0 Å². The molecule has 1 heterocycles. The molecule has 0 aliphatic rings. The van der Waals surface area contributed by atoms with Crippen molar-refractivity contribution in [1.29, 1.82) is 0 Å². The molecule has 0 fully saturated rings. The SMILES string of the molecule is O=C(O)c1ccc(F)cc1OCc1ncno1. The predicted molar refractivity (Wildman–Crippen MR) is 52.0 cm³/mol. The summed E-state index contributed by atoms with van der Waals surface area (Å²) < 4.78 is 22.7. The van der Waals surface area contributed by atoms with Crippen LogP contribution in [0.3, 0.4) is 0 Å². The van der Waals surface area contributed by atoms with Gasteiger partial charge in [0.1, 0.15) is 17.1 Å². The number of ether oxygens (including phenoxy) is 1. The van der Waals surface area contributed by atoms with Gasteiger partial charge in [-0.3, -0.25) is 0 Å². The van der Waals surface area contributed by atoms with Crippen LogP contribution in [0.15, 0.2) is 29.0 Å². The summed E-state index contributed by atoms with van der Waals surface area (Å²) in [5, 5.41) is 12.2. The van der Waals surface area contributed by atoms with Crippen molar-refractivity contribution in [3.05, 3.63) is 41.8 Å².